The minimum absolute atomic E-state index is 0.406. The van der Waals surface area contributed by atoms with E-state index in [2.05, 4.69) is 6.92 Å². The van der Waals surface area contributed by atoms with Crippen LogP contribution >= 0.6 is 0 Å². The molecule has 1 fully saturated rings. The van der Waals surface area contributed by atoms with Crippen molar-refractivity contribution in [3.63, 3.8) is 0 Å². The summed E-state index contributed by atoms with van der Waals surface area (Å²) in [6, 6.07) is 3.31. The van der Waals surface area contributed by atoms with Crippen LogP contribution in [-0.4, -0.2) is 15.8 Å². The minimum atomic E-state index is -1.22. The van der Waals surface area contributed by atoms with E-state index in [4.69, 9.17) is 5.11 Å². The molecule has 1 aromatic rings. The van der Waals surface area contributed by atoms with Gasteiger partial charge in [-0.3, -0.25) is 4.79 Å². The van der Waals surface area contributed by atoms with Crippen LogP contribution in [0.3, 0.4) is 0 Å². The largest absolute Gasteiger partial charge is 0.464 e. The van der Waals surface area contributed by atoms with Gasteiger partial charge in [0.15, 0.2) is 0 Å². The van der Waals surface area contributed by atoms with E-state index in [-0.39, 0.29) is 0 Å². The molecular weight excluding hydrogens is 242 g/mol. The number of hydrogen-bond donors (Lipinski definition) is 1. The van der Waals surface area contributed by atoms with Gasteiger partial charge in [-0.1, -0.05) is 26.2 Å². The molecule has 4 heteroatoms. The van der Waals surface area contributed by atoms with Gasteiger partial charge in [0.2, 0.25) is 0 Å². The van der Waals surface area contributed by atoms with E-state index in [1.807, 2.05) is 0 Å². The Labute approximate surface area is 113 Å². The average Bonchev–Trinajstić information content (AvgIpc) is 2.89. The van der Waals surface area contributed by atoms with E-state index < -0.39 is 11.7 Å². The van der Waals surface area contributed by atoms with E-state index in [1.54, 1.807) is 6.07 Å². The zero-order chi connectivity index (χ0) is 13.8. The fourth-order valence-electron chi connectivity index (χ4n) is 3.23. The molecule has 0 aliphatic heterocycles. The lowest BCUT2D eigenvalue weighted by atomic mass is 9.82. The number of pyridine rings is 1. The minimum Gasteiger partial charge on any atom is -0.464 e. The van der Waals surface area contributed by atoms with E-state index in [9.17, 15) is 9.59 Å². The number of nitrogens with zero attached hydrogens (tertiary/aromatic N) is 1. The Bertz CT molecular complexity index is 500. The van der Waals surface area contributed by atoms with Crippen molar-refractivity contribution in [2.45, 2.75) is 51.4 Å². The first-order valence-corrected chi connectivity index (χ1v) is 7.09. The summed E-state index contributed by atoms with van der Waals surface area (Å²) < 4.78 is 0.737. The third-order valence-electron chi connectivity index (χ3n) is 4.15. The highest BCUT2D eigenvalue weighted by molar-refractivity contribution is 5.67. The second-order valence-corrected chi connectivity index (χ2v) is 5.39. The lowest BCUT2D eigenvalue weighted by molar-refractivity contribution is 0.195. The standard InChI is InChI=1S/C15H21NO3/c1-2-5-13(11-6-3-4-7-11)12-8-9-16(15(18)19)14(17)10-12/h8-11,13H,2-7H2,1H3,(H,18,19). The fourth-order valence-corrected chi connectivity index (χ4v) is 3.23. The maximum atomic E-state index is 11.8. The summed E-state index contributed by atoms with van der Waals surface area (Å²) in [5.74, 6) is 1.06. The third kappa shape index (κ3) is 3.06. The quantitative estimate of drug-likeness (QED) is 0.905. The highest BCUT2D eigenvalue weighted by atomic mass is 16.4. The maximum Gasteiger partial charge on any atom is 0.418 e. The summed E-state index contributed by atoms with van der Waals surface area (Å²) in [6.45, 7) is 2.15. The van der Waals surface area contributed by atoms with Crippen LogP contribution in [-0.2, 0) is 0 Å². The smallest absolute Gasteiger partial charge is 0.418 e. The molecule has 1 aliphatic carbocycles. The summed E-state index contributed by atoms with van der Waals surface area (Å²) in [6.07, 6.45) is 7.33. The molecule has 1 saturated carbocycles. The molecule has 0 amide bonds. The Hall–Kier alpha value is -1.58. The lowest BCUT2D eigenvalue weighted by Gasteiger charge is -2.23. The number of aromatic nitrogens is 1. The summed E-state index contributed by atoms with van der Waals surface area (Å²) in [7, 11) is 0. The van der Waals surface area contributed by atoms with Crippen molar-refractivity contribution < 1.29 is 9.90 Å². The van der Waals surface area contributed by atoms with Crippen molar-refractivity contribution in [2.24, 2.45) is 5.92 Å². The van der Waals surface area contributed by atoms with Crippen LogP contribution < -0.4 is 5.56 Å². The first-order valence-electron chi connectivity index (χ1n) is 7.09. The SMILES string of the molecule is CCCC(c1ccn(C(=O)O)c(=O)c1)C1CCCC1. The van der Waals surface area contributed by atoms with Gasteiger partial charge in [-0.25, -0.2) is 9.36 Å². The second kappa shape index (κ2) is 6.04. The van der Waals surface area contributed by atoms with Crippen molar-refractivity contribution in [1.82, 2.24) is 4.57 Å². The average molecular weight is 263 g/mol. The molecule has 1 unspecified atom stereocenters. The van der Waals surface area contributed by atoms with Gasteiger partial charge in [0.05, 0.1) is 0 Å². The Kier molecular flexibility index (Phi) is 4.40. The van der Waals surface area contributed by atoms with E-state index in [1.165, 1.54) is 37.9 Å². The van der Waals surface area contributed by atoms with Crippen molar-refractivity contribution in [2.75, 3.05) is 0 Å². The van der Waals surface area contributed by atoms with Crippen molar-refractivity contribution in [3.8, 4) is 0 Å². The van der Waals surface area contributed by atoms with Crippen LogP contribution in [0, 0.1) is 5.92 Å². The summed E-state index contributed by atoms with van der Waals surface area (Å²) in [5.41, 5.74) is 0.570. The number of carboxylic acid groups (broad SMARTS) is 1. The Morgan fingerprint density at radius 1 is 1.47 bits per heavy atom. The van der Waals surface area contributed by atoms with Gasteiger partial charge in [-0.05, 0) is 42.7 Å². The first kappa shape index (κ1) is 13.8. The molecular formula is C15H21NO3. The highest BCUT2D eigenvalue weighted by Gasteiger charge is 2.26. The van der Waals surface area contributed by atoms with Gasteiger partial charge < -0.3 is 5.11 Å². The molecule has 2 rings (SSSR count). The van der Waals surface area contributed by atoms with Gasteiger partial charge in [-0.2, -0.15) is 0 Å². The number of rotatable bonds is 4. The van der Waals surface area contributed by atoms with Gasteiger partial charge in [0.1, 0.15) is 0 Å². The molecule has 0 saturated heterocycles. The molecule has 0 bridgehead atoms. The maximum absolute atomic E-state index is 11.8. The molecule has 19 heavy (non-hydrogen) atoms. The van der Waals surface area contributed by atoms with Gasteiger partial charge >= 0.3 is 6.09 Å². The third-order valence-corrected chi connectivity index (χ3v) is 4.15. The molecule has 1 atom stereocenters. The van der Waals surface area contributed by atoms with Crippen molar-refractivity contribution >= 4 is 6.09 Å². The van der Waals surface area contributed by atoms with E-state index in [0.717, 1.165) is 23.0 Å². The summed E-state index contributed by atoms with van der Waals surface area (Å²) in [5, 5.41) is 8.87. The van der Waals surface area contributed by atoms with Crippen LogP contribution in [0.25, 0.3) is 0 Å². The molecule has 1 aliphatic rings. The molecule has 0 aromatic carbocycles. The highest BCUT2D eigenvalue weighted by Crippen LogP contribution is 2.39. The number of carbonyl (C=O) groups is 1. The molecule has 104 valence electrons. The lowest BCUT2D eigenvalue weighted by Crippen LogP contribution is -2.25. The molecule has 1 N–H and O–H groups in total. The molecule has 0 radical (unpaired) electrons. The van der Waals surface area contributed by atoms with Crippen molar-refractivity contribution in [1.29, 1.82) is 0 Å². The molecule has 4 nitrogen and oxygen atoms in total. The van der Waals surface area contributed by atoms with Gasteiger partial charge in [0.25, 0.3) is 5.56 Å². The predicted octanol–water partition coefficient (Wildman–Crippen LogP) is 3.45. The van der Waals surface area contributed by atoms with E-state index in [0.29, 0.717) is 11.8 Å². The predicted molar refractivity (Wildman–Crippen MR) is 73.7 cm³/mol. The molecule has 0 spiro atoms. The van der Waals surface area contributed by atoms with Crippen LogP contribution in [0.5, 0.6) is 0 Å². The monoisotopic (exact) mass is 263 g/mol. The zero-order valence-electron chi connectivity index (χ0n) is 11.3. The van der Waals surface area contributed by atoms with Gasteiger partial charge in [0, 0.05) is 12.3 Å². The zero-order valence-corrected chi connectivity index (χ0v) is 11.3. The Balaban J connectivity index is 2.28. The van der Waals surface area contributed by atoms with Crippen LogP contribution in [0.2, 0.25) is 0 Å². The van der Waals surface area contributed by atoms with Crippen molar-refractivity contribution in [3.05, 3.63) is 34.2 Å². The van der Waals surface area contributed by atoms with Crippen LogP contribution in [0.15, 0.2) is 23.1 Å². The fraction of sp³-hybridized carbons (Fsp3) is 0.600. The number of hydrogen-bond acceptors (Lipinski definition) is 2. The van der Waals surface area contributed by atoms with E-state index >= 15 is 0 Å². The molecule has 1 heterocycles. The van der Waals surface area contributed by atoms with Gasteiger partial charge in [-0.15, -0.1) is 0 Å². The Morgan fingerprint density at radius 3 is 2.68 bits per heavy atom. The Morgan fingerprint density at radius 2 is 2.16 bits per heavy atom. The first-order chi connectivity index (χ1) is 9.13. The molecule has 1 aromatic heterocycles. The topological polar surface area (TPSA) is 59.3 Å². The van der Waals surface area contributed by atoms with Crippen LogP contribution in [0.1, 0.15) is 56.9 Å². The second-order valence-electron chi connectivity index (χ2n) is 5.39. The van der Waals surface area contributed by atoms with Crippen LogP contribution in [0.4, 0.5) is 4.79 Å². The summed E-state index contributed by atoms with van der Waals surface area (Å²) in [4.78, 5) is 22.6. The summed E-state index contributed by atoms with van der Waals surface area (Å²) >= 11 is 0. The normalized spacial score (nSPS) is 17.5.